The van der Waals surface area contributed by atoms with Gasteiger partial charge in [0.25, 0.3) is 5.56 Å². The molecule has 2 N–H and O–H groups in total. The van der Waals surface area contributed by atoms with E-state index in [2.05, 4.69) is 25.5 Å². The van der Waals surface area contributed by atoms with Gasteiger partial charge in [0.05, 0.1) is 22.7 Å². The van der Waals surface area contributed by atoms with Crippen LogP contribution < -0.4 is 11.0 Å². The molecule has 0 unspecified atom stereocenters. The number of anilines is 1. The molecule has 5 rings (SSSR count). The van der Waals surface area contributed by atoms with E-state index in [0.717, 1.165) is 39.5 Å². The number of aryl methyl sites for hydroxylation is 3. The van der Waals surface area contributed by atoms with Crippen LogP contribution in [-0.2, 0) is 12.8 Å². The van der Waals surface area contributed by atoms with E-state index in [-0.39, 0.29) is 5.56 Å². The number of thiophene rings is 1. The second-order valence-corrected chi connectivity index (χ2v) is 8.16. The second-order valence-electron chi connectivity index (χ2n) is 7.08. The third-order valence-electron chi connectivity index (χ3n) is 5.24. The van der Waals surface area contributed by atoms with Crippen molar-refractivity contribution in [2.75, 3.05) is 5.43 Å². The second kappa shape index (κ2) is 6.83. The summed E-state index contributed by atoms with van der Waals surface area (Å²) in [5.74, 6) is 0.703. The monoisotopic (exact) mass is 389 g/mol. The third-order valence-corrected chi connectivity index (χ3v) is 6.44. The summed E-state index contributed by atoms with van der Waals surface area (Å²) >= 11 is 1.75. The Bertz CT molecular complexity index is 1290. The lowest BCUT2D eigenvalue weighted by molar-refractivity contribution is 0.700. The van der Waals surface area contributed by atoms with Crippen molar-refractivity contribution in [1.82, 2.24) is 15.0 Å². The largest absolute Gasteiger partial charge is 0.321 e. The van der Waals surface area contributed by atoms with E-state index in [1.54, 1.807) is 23.9 Å². The maximum atomic E-state index is 12.4. The summed E-state index contributed by atoms with van der Waals surface area (Å²) in [6, 6.07) is 7.80. The average molecular weight is 389 g/mol. The molecule has 0 fully saturated rings. The standard InChI is InChI=1S/C21H19N5OS/c1-12-5-4-6-13-9-14(20(27)25-18(12)13)10-24-26-19-17-15-7-2-3-8-16(15)28-21(17)23-11-22-19/h4-6,9-11H,2-3,7-8H2,1H3,(H,25,27)(H,22,23,26)/b24-10-. The van der Waals surface area contributed by atoms with E-state index in [9.17, 15) is 4.79 Å². The molecule has 1 aliphatic rings. The van der Waals surface area contributed by atoms with Crippen molar-refractivity contribution in [1.29, 1.82) is 0 Å². The molecule has 7 heteroatoms. The minimum atomic E-state index is -0.159. The van der Waals surface area contributed by atoms with Crippen molar-refractivity contribution in [3.05, 3.63) is 62.5 Å². The predicted molar refractivity (Wildman–Crippen MR) is 115 cm³/mol. The van der Waals surface area contributed by atoms with Crippen molar-refractivity contribution >= 4 is 44.5 Å². The maximum Gasteiger partial charge on any atom is 0.257 e. The van der Waals surface area contributed by atoms with Gasteiger partial charge < -0.3 is 4.98 Å². The van der Waals surface area contributed by atoms with Crippen LogP contribution in [-0.4, -0.2) is 21.2 Å². The van der Waals surface area contributed by atoms with Crippen LogP contribution in [0.3, 0.4) is 0 Å². The third kappa shape index (κ3) is 2.88. The molecule has 4 aromatic rings. The summed E-state index contributed by atoms with van der Waals surface area (Å²) in [6.45, 7) is 1.98. The van der Waals surface area contributed by atoms with Gasteiger partial charge >= 0.3 is 0 Å². The molecule has 1 aliphatic carbocycles. The highest BCUT2D eigenvalue weighted by molar-refractivity contribution is 7.19. The lowest BCUT2D eigenvalue weighted by Crippen LogP contribution is -2.12. The maximum absolute atomic E-state index is 12.4. The topological polar surface area (TPSA) is 83.0 Å². The highest BCUT2D eigenvalue weighted by Crippen LogP contribution is 2.38. The molecule has 0 radical (unpaired) electrons. The van der Waals surface area contributed by atoms with Gasteiger partial charge in [0, 0.05) is 4.88 Å². The lowest BCUT2D eigenvalue weighted by atomic mass is 9.97. The fourth-order valence-corrected chi connectivity index (χ4v) is 5.06. The highest BCUT2D eigenvalue weighted by Gasteiger charge is 2.19. The number of pyridine rings is 1. The van der Waals surface area contributed by atoms with Crippen LogP contribution >= 0.6 is 11.3 Å². The SMILES string of the molecule is Cc1cccc2cc(/C=N\Nc3ncnc4sc5c(c34)CCCC5)c(=O)[nH]c12. The Morgan fingerprint density at radius 1 is 1.25 bits per heavy atom. The van der Waals surface area contributed by atoms with Gasteiger partial charge in [0.15, 0.2) is 5.82 Å². The molecule has 3 aromatic heterocycles. The Hall–Kier alpha value is -3.06. The van der Waals surface area contributed by atoms with Gasteiger partial charge in [-0.1, -0.05) is 18.2 Å². The Morgan fingerprint density at radius 2 is 2.14 bits per heavy atom. The van der Waals surface area contributed by atoms with Crippen LogP contribution in [0.5, 0.6) is 0 Å². The van der Waals surface area contributed by atoms with Gasteiger partial charge in [-0.05, 0) is 55.2 Å². The van der Waals surface area contributed by atoms with Crippen molar-refractivity contribution in [2.24, 2.45) is 5.10 Å². The first-order valence-corrected chi connectivity index (χ1v) is 10.2. The number of rotatable bonds is 3. The number of hydrogen-bond donors (Lipinski definition) is 2. The summed E-state index contributed by atoms with van der Waals surface area (Å²) in [7, 11) is 0. The molecule has 0 aliphatic heterocycles. The molecule has 0 bridgehead atoms. The average Bonchev–Trinajstić information content (AvgIpc) is 3.09. The van der Waals surface area contributed by atoms with Gasteiger partial charge in [-0.15, -0.1) is 11.3 Å². The normalized spacial score (nSPS) is 14.0. The Balaban J connectivity index is 1.49. The minimum absolute atomic E-state index is 0.159. The number of H-pyrrole nitrogens is 1. The van der Waals surface area contributed by atoms with E-state index in [4.69, 9.17) is 0 Å². The predicted octanol–water partition coefficient (Wildman–Crippen LogP) is 4.17. The summed E-state index contributed by atoms with van der Waals surface area (Å²) in [4.78, 5) is 26.6. The van der Waals surface area contributed by atoms with Gasteiger partial charge in [-0.25, -0.2) is 9.97 Å². The van der Waals surface area contributed by atoms with E-state index in [1.807, 2.05) is 31.2 Å². The highest BCUT2D eigenvalue weighted by atomic mass is 32.1. The quantitative estimate of drug-likeness (QED) is 0.407. The molecule has 1 aromatic carbocycles. The fourth-order valence-electron chi connectivity index (χ4n) is 3.83. The van der Waals surface area contributed by atoms with Crippen molar-refractivity contribution < 1.29 is 0 Å². The zero-order valence-electron chi connectivity index (χ0n) is 15.5. The van der Waals surface area contributed by atoms with Crippen molar-refractivity contribution in [3.8, 4) is 0 Å². The molecule has 140 valence electrons. The van der Waals surface area contributed by atoms with Gasteiger partial charge in [-0.3, -0.25) is 10.2 Å². The molecule has 0 saturated heterocycles. The Morgan fingerprint density at radius 3 is 3.07 bits per heavy atom. The summed E-state index contributed by atoms with van der Waals surface area (Å²) < 4.78 is 0. The number of hydrogen-bond acceptors (Lipinski definition) is 6. The molecule has 6 nitrogen and oxygen atoms in total. The van der Waals surface area contributed by atoms with Crippen LogP contribution in [0.25, 0.3) is 21.1 Å². The molecule has 3 heterocycles. The van der Waals surface area contributed by atoms with Crippen LogP contribution in [0.1, 0.15) is 34.4 Å². The first-order chi connectivity index (χ1) is 13.7. The molecule has 0 saturated carbocycles. The molecular formula is C21H19N5OS. The van der Waals surface area contributed by atoms with Gasteiger partial charge in [0.1, 0.15) is 11.2 Å². The van der Waals surface area contributed by atoms with Gasteiger partial charge in [0.2, 0.25) is 0 Å². The van der Waals surface area contributed by atoms with Crippen LogP contribution in [0.15, 0.2) is 40.5 Å². The van der Waals surface area contributed by atoms with Crippen molar-refractivity contribution in [2.45, 2.75) is 32.6 Å². The number of aromatic amines is 1. The number of nitrogens with one attached hydrogen (secondary N) is 2. The Kier molecular flexibility index (Phi) is 4.16. The number of aromatic nitrogens is 3. The molecular weight excluding hydrogens is 370 g/mol. The summed E-state index contributed by atoms with van der Waals surface area (Å²) in [5.41, 5.74) is 6.63. The van der Waals surface area contributed by atoms with E-state index in [0.29, 0.717) is 11.4 Å². The van der Waals surface area contributed by atoms with Crippen LogP contribution in [0.2, 0.25) is 0 Å². The van der Waals surface area contributed by atoms with E-state index >= 15 is 0 Å². The number of fused-ring (bicyclic) bond motifs is 4. The zero-order chi connectivity index (χ0) is 19.1. The Labute approximate surface area is 165 Å². The number of hydrazone groups is 1. The number of nitrogens with zero attached hydrogens (tertiary/aromatic N) is 3. The summed E-state index contributed by atoms with van der Waals surface area (Å²) in [5, 5.41) is 6.36. The number of benzene rings is 1. The van der Waals surface area contributed by atoms with Crippen LogP contribution in [0.4, 0.5) is 5.82 Å². The first-order valence-electron chi connectivity index (χ1n) is 9.37. The number of para-hydroxylation sites is 1. The smallest absolute Gasteiger partial charge is 0.257 e. The van der Waals surface area contributed by atoms with E-state index in [1.165, 1.54) is 23.3 Å². The molecule has 0 atom stereocenters. The van der Waals surface area contributed by atoms with Crippen LogP contribution in [0, 0.1) is 6.92 Å². The minimum Gasteiger partial charge on any atom is -0.321 e. The van der Waals surface area contributed by atoms with E-state index < -0.39 is 0 Å². The molecule has 28 heavy (non-hydrogen) atoms. The zero-order valence-corrected chi connectivity index (χ0v) is 16.3. The lowest BCUT2D eigenvalue weighted by Gasteiger charge is -2.11. The molecule has 0 spiro atoms. The van der Waals surface area contributed by atoms with Gasteiger partial charge in [-0.2, -0.15) is 5.10 Å². The fraction of sp³-hybridized carbons (Fsp3) is 0.238. The first kappa shape index (κ1) is 17.1. The van der Waals surface area contributed by atoms with Crippen molar-refractivity contribution in [3.63, 3.8) is 0 Å². The molecule has 0 amide bonds. The summed E-state index contributed by atoms with van der Waals surface area (Å²) in [6.07, 6.45) is 7.72.